The zero-order valence-electron chi connectivity index (χ0n) is 33.7. The third kappa shape index (κ3) is 4.94. The Balaban J connectivity index is 1.09. The highest BCUT2D eigenvalue weighted by Gasteiger charge is 2.55. The number of hydrogen-bond donors (Lipinski definition) is 0. The zero-order chi connectivity index (χ0) is 40.8. The van der Waals surface area contributed by atoms with Gasteiger partial charge in [0.05, 0.1) is 11.1 Å². The van der Waals surface area contributed by atoms with Crippen molar-refractivity contribution in [3.63, 3.8) is 0 Å². The van der Waals surface area contributed by atoms with Gasteiger partial charge in [0.15, 0.2) is 0 Å². The van der Waals surface area contributed by atoms with Crippen LogP contribution in [0.1, 0.15) is 22.3 Å². The molecule has 62 heavy (non-hydrogen) atoms. The Hall–Kier alpha value is -8.14. The van der Waals surface area contributed by atoms with Gasteiger partial charge in [-0.2, -0.15) is 0 Å². The van der Waals surface area contributed by atoms with Crippen LogP contribution in [-0.4, -0.2) is 0 Å². The molecule has 0 saturated carbocycles. The molecule has 0 saturated heterocycles. The molecule has 0 radical (unpaired) electrons. The molecule has 0 aliphatic heterocycles. The average molecular weight is 791 g/mol. The standard InChI is InChI=1S/C59H38N2O/c1-3-20-43(21-4-1)61(44-22-5-2-6-23-44)54-28-15-27-53-56(54)58-57(49-25-12-14-29-55(49)62-58)59(53)51-26-13-11-24-48(51)50-38-47(34-35-52(50)59)60(45-32-30-39-16-7-9-18-41(39)36-45)46-33-31-40-17-8-10-19-42(40)37-46/h1-38H. The van der Waals surface area contributed by atoms with E-state index in [-0.39, 0.29) is 0 Å². The first-order valence-electron chi connectivity index (χ1n) is 21.3. The summed E-state index contributed by atoms with van der Waals surface area (Å²) in [6, 6.07) is 83.9. The Morgan fingerprint density at radius 2 is 0.871 bits per heavy atom. The van der Waals surface area contributed by atoms with Gasteiger partial charge in [-0.05, 0) is 122 Å². The molecule has 1 atom stereocenters. The maximum Gasteiger partial charge on any atom is 0.142 e. The monoisotopic (exact) mass is 790 g/mol. The number of fused-ring (bicyclic) bond motifs is 14. The van der Waals surface area contributed by atoms with Gasteiger partial charge in [-0.25, -0.2) is 0 Å². The summed E-state index contributed by atoms with van der Waals surface area (Å²) in [5.74, 6) is 0.925. The van der Waals surface area contributed by atoms with Gasteiger partial charge >= 0.3 is 0 Å². The van der Waals surface area contributed by atoms with Crippen molar-refractivity contribution in [1.29, 1.82) is 0 Å². The van der Waals surface area contributed by atoms with Crippen LogP contribution in [0.2, 0.25) is 0 Å². The van der Waals surface area contributed by atoms with Gasteiger partial charge in [0.25, 0.3) is 0 Å². The Morgan fingerprint density at radius 3 is 1.56 bits per heavy atom. The summed E-state index contributed by atoms with van der Waals surface area (Å²) in [6.45, 7) is 0. The summed E-state index contributed by atoms with van der Waals surface area (Å²) in [6.07, 6.45) is 0. The van der Waals surface area contributed by atoms with E-state index in [1.807, 2.05) is 0 Å². The van der Waals surface area contributed by atoms with Gasteiger partial charge in [-0.3, -0.25) is 0 Å². The minimum atomic E-state index is -0.631. The van der Waals surface area contributed by atoms with Crippen molar-refractivity contribution in [2.24, 2.45) is 0 Å². The van der Waals surface area contributed by atoms with Gasteiger partial charge in [0.2, 0.25) is 0 Å². The number of anilines is 6. The molecule has 13 rings (SSSR count). The molecule has 290 valence electrons. The zero-order valence-corrected chi connectivity index (χ0v) is 33.7. The molecule has 1 spiro atoms. The van der Waals surface area contributed by atoms with Crippen molar-refractivity contribution in [2.45, 2.75) is 5.41 Å². The van der Waals surface area contributed by atoms with Crippen molar-refractivity contribution < 1.29 is 4.42 Å². The summed E-state index contributed by atoms with van der Waals surface area (Å²) in [7, 11) is 0. The van der Waals surface area contributed by atoms with Crippen molar-refractivity contribution in [3.05, 3.63) is 253 Å². The lowest BCUT2D eigenvalue weighted by Crippen LogP contribution is -2.26. The highest BCUT2D eigenvalue weighted by Crippen LogP contribution is 2.67. The van der Waals surface area contributed by atoms with Crippen LogP contribution >= 0.6 is 0 Å². The lowest BCUT2D eigenvalue weighted by Gasteiger charge is -2.32. The molecule has 2 aliphatic rings. The predicted molar refractivity (Wildman–Crippen MR) is 257 cm³/mol. The number of furan rings is 1. The number of nitrogens with zero attached hydrogens (tertiary/aromatic N) is 2. The number of rotatable bonds is 6. The van der Waals surface area contributed by atoms with Crippen LogP contribution in [-0.2, 0) is 5.41 Å². The van der Waals surface area contributed by atoms with Crippen LogP contribution < -0.4 is 9.80 Å². The largest absolute Gasteiger partial charge is 0.456 e. The van der Waals surface area contributed by atoms with Crippen LogP contribution in [0, 0.1) is 0 Å². The van der Waals surface area contributed by atoms with Gasteiger partial charge in [0.1, 0.15) is 11.3 Å². The van der Waals surface area contributed by atoms with Crippen LogP contribution in [0.15, 0.2) is 235 Å². The predicted octanol–water partition coefficient (Wildman–Crippen LogP) is 16.0. The topological polar surface area (TPSA) is 19.6 Å². The molecule has 0 fully saturated rings. The van der Waals surface area contributed by atoms with Gasteiger partial charge in [-0.15, -0.1) is 0 Å². The van der Waals surface area contributed by atoms with Crippen LogP contribution in [0.5, 0.6) is 0 Å². The summed E-state index contributed by atoms with van der Waals surface area (Å²) in [4.78, 5) is 4.80. The van der Waals surface area contributed by atoms with E-state index >= 15 is 0 Å². The van der Waals surface area contributed by atoms with E-state index < -0.39 is 5.41 Å². The molecule has 0 N–H and O–H groups in total. The van der Waals surface area contributed by atoms with E-state index in [1.54, 1.807) is 0 Å². The second-order valence-corrected chi connectivity index (χ2v) is 16.4. The summed E-state index contributed by atoms with van der Waals surface area (Å²) in [5.41, 5.74) is 15.4. The third-order valence-corrected chi connectivity index (χ3v) is 13.2. The molecule has 1 unspecified atom stereocenters. The van der Waals surface area contributed by atoms with Gasteiger partial charge in [-0.1, -0.05) is 158 Å². The van der Waals surface area contributed by atoms with Crippen molar-refractivity contribution >= 4 is 66.6 Å². The second kappa shape index (κ2) is 13.4. The lowest BCUT2D eigenvalue weighted by atomic mass is 9.70. The molecule has 10 aromatic carbocycles. The summed E-state index contributed by atoms with van der Waals surface area (Å²) >= 11 is 0. The molecule has 0 bridgehead atoms. The molecule has 11 aromatic rings. The van der Waals surface area contributed by atoms with E-state index in [1.165, 1.54) is 54.9 Å². The number of hydrogen-bond acceptors (Lipinski definition) is 3. The van der Waals surface area contributed by atoms with Crippen LogP contribution in [0.3, 0.4) is 0 Å². The maximum atomic E-state index is 7.13. The van der Waals surface area contributed by atoms with E-state index in [2.05, 4.69) is 240 Å². The van der Waals surface area contributed by atoms with E-state index in [4.69, 9.17) is 4.42 Å². The SMILES string of the molecule is c1ccc(N(c2ccccc2)c2cccc3c2-c2oc4ccccc4c2C32c3ccccc3-c3cc(N(c4ccc5ccccc5c4)c4ccc5ccccc5c4)ccc32)cc1. The Kier molecular flexibility index (Phi) is 7.52. The normalized spacial score (nSPS) is 14.5. The van der Waals surface area contributed by atoms with Crippen molar-refractivity contribution in [3.8, 4) is 22.5 Å². The van der Waals surface area contributed by atoms with E-state index in [0.717, 1.165) is 56.4 Å². The van der Waals surface area contributed by atoms with E-state index in [9.17, 15) is 0 Å². The summed E-state index contributed by atoms with van der Waals surface area (Å²) in [5, 5.41) is 5.99. The lowest BCUT2D eigenvalue weighted by molar-refractivity contribution is 0.628. The Morgan fingerprint density at radius 1 is 0.339 bits per heavy atom. The third-order valence-electron chi connectivity index (χ3n) is 13.2. The fourth-order valence-electron chi connectivity index (χ4n) is 10.6. The van der Waals surface area contributed by atoms with Crippen LogP contribution in [0.25, 0.3) is 55.0 Å². The molecule has 3 nitrogen and oxygen atoms in total. The molecule has 1 heterocycles. The quantitative estimate of drug-likeness (QED) is 0.167. The molecule has 2 aliphatic carbocycles. The minimum absolute atomic E-state index is 0.631. The Labute approximate surface area is 360 Å². The molecule has 0 amide bonds. The highest BCUT2D eigenvalue weighted by atomic mass is 16.3. The first-order chi connectivity index (χ1) is 30.8. The van der Waals surface area contributed by atoms with Crippen LogP contribution in [0.4, 0.5) is 34.1 Å². The number of benzene rings is 10. The molecular weight excluding hydrogens is 753 g/mol. The molecular formula is C59H38N2O. The summed E-state index contributed by atoms with van der Waals surface area (Å²) < 4.78 is 7.13. The van der Waals surface area contributed by atoms with Crippen molar-refractivity contribution in [2.75, 3.05) is 9.80 Å². The van der Waals surface area contributed by atoms with Gasteiger partial charge < -0.3 is 14.2 Å². The smallest absolute Gasteiger partial charge is 0.142 e. The second-order valence-electron chi connectivity index (χ2n) is 16.4. The first kappa shape index (κ1) is 34.7. The number of para-hydroxylation sites is 3. The highest BCUT2D eigenvalue weighted by molar-refractivity contribution is 6.06. The molecule has 3 heteroatoms. The fraction of sp³-hybridized carbons (Fsp3) is 0.0169. The maximum absolute atomic E-state index is 7.13. The fourth-order valence-corrected chi connectivity index (χ4v) is 10.6. The van der Waals surface area contributed by atoms with E-state index in [0.29, 0.717) is 0 Å². The van der Waals surface area contributed by atoms with Gasteiger partial charge in [0, 0.05) is 45.0 Å². The van der Waals surface area contributed by atoms with Crippen molar-refractivity contribution in [1.82, 2.24) is 0 Å². The molecule has 1 aromatic heterocycles. The Bertz CT molecular complexity index is 3430. The average Bonchev–Trinajstić information content (AvgIpc) is 3.96. The first-order valence-corrected chi connectivity index (χ1v) is 21.3. The minimum Gasteiger partial charge on any atom is -0.456 e.